The van der Waals surface area contributed by atoms with Crippen molar-refractivity contribution in [2.24, 2.45) is 0 Å². The number of hydrogen-bond acceptors (Lipinski definition) is 6. The Labute approximate surface area is 180 Å². The third kappa shape index (κ3) is 5.15. The van der Waals surface area contributed by atoms with Crippen LogP contribution in [0.5, 0.6) is 5.75 Å². The summed E-state index contributed by atoms with van der Waals surface area (Å²) in [5, 5.41) is 13.7. The van der Waals surface area contributed by atoms with Gasteiger partial charge in [0.05, 0.1) is 10.5 Å². The molecule has 0 saturated heterocycles. The zero-order valence-electron chi connectivity index (χ0n) is 17.3. The van der Waals surface area contributed by atoms with Gasteiger partial charge < -0.3 is 14.8 Å². The van der Waals surface area contributed by atoms with E-state index in [9.17, 15) is 9.90 Å². The van der Waals surface area contributed by atoms with Crippen LogP contribution in [0.15, 0.2) is 59.3 Å². The summed E-state index contributed by atoms with van der Waals surface area (Å²) in [6.45, 7) is 8.00. The van der Waals surface area contributed by atoms with Crippen molar-refractivity contribution in [2.75, 3.05) is 5.32 Å². The number of hydrogen-bond donors (Lipinski definition) is 2. The Bertz CT molecular complexity index is 1130. The van der Waals surface area contributed by atoms with Crippen LogP contribution in [0.3, 0.4) is 0 Å². The molecule has 0 atom stereocenters. The van der Waals surface area contributed by atoms with Gasteiger partial charge in [-0.25, -0.2) is 9.97 Å². The van der Waals surface area contributed by atoms with Crippen molar-refractivity contribution >= 4 is 40.3 Å². The molecule has 0 spiro atoms. The molecule has 0 aliphatic carbocycles. The molecule has 0 radical (unpaired) electrons. The number of furan rings is 1. The number of aldehydes is 1. The normalized spacial score (nSPS) is 9.77. The lowest BCUT2D eigenvalue weighted by Crippen LogP contribution is -1.96. The Morgan fingerprint density at radius 2 is 1.77 bits per heavy atom. The predicted molar refractivity (Wildman–Crippen MR) is 122 cm³/mol. The highest BCUT2D eigenvalue weighted by Crippen LogP contribution is 2.31. The zero-order chi connectivity index (χ0) is 22.1. The number of nitrogens with one attached hydrogen (secondary N) is 1. The summed E-state index contributed by atoms with van der Waals surface area (Å²) >= 11 is 5.96. The Balaban J connectivity index is 0.000000757. The highest BCUT2D eigenvalue weighted by atomic mass is 35.5. The third-order valence-corrected chi connectivity index (χ3v) is 4.18. The van der Waals surface area contributed by atoms with Crippen LogP contribution in [0.25, 0.3) is 22.2 Å². The molecule has 30 heavy (non-hydrogen) atoms. The Kier molecular flexibility index (Phi) is 8.38. The number of fused-ring (bicyclic) bond motifs is 1. The lowest BCUT2D eigenvalue weighted by Gasteiger charge is -2.10. The van der Waals surface area contributed by atoms with Crippen LogP contribution in [0, 0.1) is 0 Å². The van der Waals surface area contributed by atoms with Crippen molar-refractivity contribution in [3.05, 3.63) is 65.6 Å². The first-order valence-corrected chi connectivity index (χ1v) is 10.1. The number of nitrogens with zero attached hydrogens (tertiary/aromatic N) is 2. The molecular weight excluding hydrogens is 402 g/mol. The number of aromatic hydroxyl groups is 1. The fourth-order valence-electron chi connectivity index (χ4n) is 2.60. The summed E-state index contributed by atoms with van der Waals surface area (Å²) in [5.74, 6) is 1.44. The van der Waals surface area contributed by atoms with Crippen molar-refractivity contribution in [2.45, 2.75) is 27.7 Å². The van der Waals surface area contributed by atoms with E-state index in [0.29, 0.717) is 23.6 Å². The van der Waals surface area contributed by atoms with E-state index >= 15 is 0 Å². The number of halogens is 1. The fourth-order valence-corrected chi connectivity index (χ4v) is 2.78. The summed E-state index contributed by atoms with van der Waals surface area (Å²) in [6, 6.07) is 13.8. The van der Waals surface area contributed by atoms with Crippen molar-refractivity contribution in [3.63, 3.8) is 0 Å². The maximum atomic E-state index is 10.8. The summed E-state index contributed by atoms with van der Waals surface area (Å²) < 4.78 is 5.48. The number of anilines is 2. The van der Waals surface area contributed by atoms with E-state index in [4.69, 9.17) is 16.0 Å². The minimum atomic E-state index is 0.0100. The number of benzene rings is 2. The van der Waals surface area contributed by atoms with Gasteiger partial charge in [0.1, 0.15) is 23.7 Å². The molecule has 7 heteroatoms. The summed E-state index contributed by atoms with van der Waals surface area (Å²) in [6.07, 6.45) is 2.12. The van der Waals surface area contributed by atoms with Crippen molar-refractivity contribution in [1.29, 1.82) is 0 Å². The quantitative estimate of drug-likeness (QED) is 0.274. The summed E-state index contributed by atoms with van der Waals surface area (Å²) in [7, 11) is 0. The molecule has 2 aromatic heterocycles. The Morgan fingerprint density at radius 1 is 1.00 bits per heavy atom. The third-order valence-electron chi connectivity index (χ3n) is 3.87. The van der Waals surface area contributed by atoms with Gasteiger partial charge in [0, 0.05) is 16.6 Å². The smallest absolute Gasteiger partial charge is 0.185 e. The largest absolute Gasteiger partial charge is 0.506 e. The number of carbonyl (C=O) groups excluding carboxylic acids is 1. The van der Waals surface area contributed by atoms with Gasteiger partial charge in [-0.3, -0.25) is 4.79 Å². The number of carbonyl (C=O) groups is 1. The number of phenolic OH excluding ortho intramolecular Hbond substituents is 1. The molecule has 0 unspecified atom stereocenters. The minimum Gasteiger partial charge on any atom is -0.506 e. The van der Waals surface area contributed by atoms with Gasteiger partial charge in [-0.2, -0.15) is 0 Å². The van der Waals surface area contributed by atoms with E-state index < -0.39 is 0 Å². The van der Waals surface area contributed by atoms with Crippen molar-refractivity contribution < 1.29 is 14.3 Å². The SMILES string of the molecule is CC.CC.O=Cc1ccc(-c2ccc3ncnc(Nc4ccc(O)c(Cl)c4)c3c2)o1. The standard InChI is InChI=1S/C19H12ClN3O3.2C2H6/c20-15-8-12(2-5-17(15)25)23-19-14-7-11(1-4-16(14)21-10-22-19)18-6-3-13(9-24)26-18;2*1-2/h1-10,25H,(H,21,22,23);2*1-2H3. The van der Waals surface area contributed by atoms with Crippen LogP contribution in [-0.2, 0) is 0 Å². The highest BCUT2D eigenvalue weighted by Gasteiger charge is 2.10. The second-order valence-electron chi connectivity index (χ2n) is 5.57. The molecular formula is C23H24ClN3O3. The maximum absolute atomic E-state index is 10.8. The van der Waals surface area contributed by atoms with Crippen LogP contribution in [-0.4, -0.2) is 21.4 Å². The van der Waals surface area contributed by atoms with E-state index in [1.807, 2.05) is 45.9 Å². The molecule has 4 rings (SSSR count). The van der Waals surface area contributed by atoms with Gasteiger partial charge in [0.2, 0.25) is 0 Å². The molecule has 0 bridgehead atoms. The Morgan fingerprint density at radius 3 is 2.43 bits per heavy atom. The molecule has 156 valence electrons. The molecule has 4 aromatic rings. The van der Waals surface area contributed by atoms with Gasteiger partial charge in [-0.05, 0) is 48.5 Å². The molecule has 0 aliphatic rings. The van der Waals surface area contributed by atoms with Gasteiger partial charge in [-0.1, -0.05) is 39.3 Å². The minimum absolute atomic E-state index is 0.0100. The fraction of sp³-hybridized carbons (Fsp3) is 0.174. The van der Waals surface area contributed by atoms with E-state index in [1.54, 1.807) is 24.3 Å². The van der Waals surface area contributed by atoms with Crippen molar-refractivity contribution in [3.8, 4) is 17.1 Å². The van der Waals surface area contributed by atoms with E-state index in [1.165, 1.54) is 12.4 Å². The first-order chi connectivity index (χ1) is 14.6. The van der Waals surface area contributed by atoms with Crippen LogP contribution < -0.4 is 5.32 Å². The highest BCUT2D eigenvalue weighted by molar-refractivity contribution is 6.32. The number of aromatic nitrogens is 2. The first kappa shape index (κ1) is 22.9. The average molecular weight is 426 g/mol. The molecule has 0 fully saturated rings. The number of phenols is 1. The molecule has 6 nitrogen and oxygen atoms in total. The molecule has 0 amide bonds. The second-order valence-corrected chi connectivity index (χ2v) is 5.97. The van der Waals surface area contributed by atoms with E-state index in [0.717, 1.165) is 16.5 Å². The lowest BCUT2D eigenvalue weighted by molar-refractivity contribution is 0.110. The van der Waals surface area contributed by atoms with Gasteiger partial charge in [0.25, 0.3) is 0 Å². The van der Waals surface area contributed by atoms with Gasteiger partial charge in [0.15, 0.2) is 12.0 Å². The lowest BCUT2D eigenvalue weighted by atomic mass is 10.1. The summed E-state index contributed by atoms with van der Waals surface area (Å²) in [5.41, 5.74) is 2.23. The second kappa shape index (κ2) is 11.0. The van der Waals surface area contributed by atoms with Crippen LogP contribution in [0.2, 0.25) is 5.02 Å². The summed E-state index contributed by atoms with van der Waals surface area (Å²) in [4.78, 5) is 19.4. The molecule has 2 aromatic carbocycles. The zero-order valence-corrected chi connectivity index (χ0v) is 18.1. The van der Waals surface area contributed by atoms with Crippen molar-refractivity contribution in [1.82, 2.24) is 9.97 Å². The van der Waals surface area contributed by atoms with Crippen LogP contribution >= 0.6 is 11.6 Å². The maximum Gasteiger partial charge on any atom is 0.185 e. The van der Waals surface area contributed by atoms with Crippen LogP contribution in [0.4, 0.5) is 11.5 Å². The first-order valence-electron chi connectivity index (χ1n) is 9.70. The molecule has 2 N–H and O–H groups in total. The van der Waals surface area contributed by atoms with Crippen LogP contribution in [0.1, 0.15) is 38.2 Å². The molecule has 2 heterocycles. The molecule has 0 aliphatic heterocycles. The Hall–Kier alpha value is -3.38. The van der Waals surface area contributed by atoms with E-state index in [-0.39, 0.29) is 16.5 Å². The predicted octanol–water partition coefficient (Wildman–Crippen LogP) is 6.86. The van der Waals surface area contributed by atoms with Gasteiger partial charge in [-0.15, -0.1) is 0 Å². The van der Waals surface area contributed by atoms with E-state index in [2.05, 4.69) is 15.3 Å². The number of rotatable bonds is 4. The topological polar surface area (TPSA) is 88.2 Å². The monoisotopic (exact) mass is 425 g/mol. The molecule has 0 saturated carbocycles. The average Bonchev–Trinajstić information content (AvgIpc) is 3.28. The van der Waals surface area contributed by atoms with Gasteiger partial charge >= 0.3 is 0 Å².